The maximum atomic E-state index is 9.16. The second-order valence-electron chi connectivity index (χ2n) is 7.51. The van der Waals surface area contributed by atoms with E-state index in [9.17, 15) is 0 Å². The third-order valence-electron chi connectivity index (χ3n) is 4.67. The quantitative estimate of drug-likeness (QED) is 0.651. The average molecular weight is 275 g/mol. The summed E-state index contributed by atoms with van der Waals surface area (Å²) in [5.41, 5.74) is 7.44. The fourth-order valence-electron chi connectivity index (χ4n) is 3.29. The zero-order chi connectivity index (χ0) is 15.4. The molecule has 0 N–H and O–H groups in total. The molecule has 2 aromatic rings. The van der Waals surface area contributed by atoms with E-state index in [2.05, 4.69) is 65.0 Å². The summed E-state index contributed by atoms with van der Waals surface area (Å²) in [7, 11) is 0. The Kier molecular flexibility index (Phi) is 2.79. The van der Waals surface area contributed by atoms with Crippen molar-refractivity contribution in [3.05, 3.63) is 58.7 Å². The van der Waals surface area contributed by atoms with Crippen LogP contribution in [0.15, 0.2) is 36.4 Å². The van der Waals surface area contributed by atoms with Crippen molar-refractivity contribution < 1.29 is 0 Å². The van der Waals surface area contributed by atoms with Gasteiger partial charge in [0.15, 0.2) is 0 Å². The topological polar surface area (TPSA) is 23.8 Å². The van der Waals surface area contributed by atoms with Crippen molar-refractivity contribution in [1.82, 2.24) is 0 Å². The highest BCUT2D eigenvalue weighted by atomic mass is 14.4. The number of rotatable bonds is 0. The van der Waals surface area contributed by atoms with Gasteiger partial charge in [-0.2, -0.15) is 5.26 Å². The van der Waals surface area contributed by atoms with Crippen LogP contribution in [0.25, 0.3) is 11.1 Å². The number of fused-ring (bicyclic) bond motifs is 3. The minimum atomic E-state index is -0.0338. The first-order valence-corrected chi connectivity index (χ1v) is 7.45. The van der Waals surface area contributed by atoms with E-state index in [0.29, 0.717) is 0 Å². The second-order valence-corrected chi connectivity index (χ2v) is 7.51. The van der Waals surface area contributed by atoms with Gasteiger partial charge >= 0.3 is 0 Å². The molecule has 0 saturated carbocycles. The monoisotopic (exact) mass is 275 g/mol. The molecule has 0 fully saturated rings. The van der Waals surface area contributed by atoms with Gasteiger partial charge in [0, 0.05) is 5.41 Å². The summed E-state index contributed by atoms with van der Waals surface area (Å²) < 4.78 is 0. The van der Waals surface area contributed by atoms with Crippen molar-refractivity contribution in [3.8, 4) is 17.2 Å². The third-order valence-corrected chi connectivity index (χ3v) is 4.67. The van der Waals surface area contributed by atoms with Crippen LogP contribution in [-0.4, -0.2) is 0 Å². The molecule has 106 valence electrons. The van der Waals surface area contributed by atoms with E-state index >= 15 is 0 Å². The van der Waals surface area contributed by atoms with Gasteiger partial charge in [-0.05, 0) is 45.4 Å². The molecule has 21 heavy (non-hydrogen) atoms. The smallest absolute Gasteiger partial charge is 0.0991 e. The standard InChI is InChI=1S/C20H21N/c1-19(2,3)14-7-9-17-16(11-14)15-8-6-13(12-21)10-18(15)20(17,4)5/h6-11H,1-5H3. The van der Waals surface area contributed by atoms with Crippen molar-refractivity contribution in [2.75, 3.05) is 0 Å². The van der Waals surface area contributed by atoms with Gasteiger partial charge in [0.05, 0.1) is 11.6 Å². The Bertz CT molecular complexity index is 767. The molecule has 1 heteroatoms. The van der Waals surface area contributed by atoms with Crippen molar-refractivity contribution in [2.24, 2.45) is 0 Å². The van der Waals surface area contributed by atoms with Crippen LogP contribution in [0.2, 0.25) is 0 Å². The molecule has 1 aliphatic rings. The summed E-state index contributed by atoms with van der Waals surface area (Å²) in [6.07, 6.45) is 0. The lowest BCUT2D eigenvalue weighted by atomic mass is 9.80. The third kappa shape index (κ3) is 1.98. The summed E-state index contributed by atoms with van der Waals surface area (Å²) in [4.78, 5) is 0. The van der Waals surface area contributed by atoms with Crippen LogP contribution in [0, 0.1) is 11.3 Å². The van der Waals surface area contributed by atoms with Gasteiger partial charge in [0.1, 0.15) is 0 Å². The Hall–Kier alpha value is -2.07. The molecule has 0 amide bonds. The summed E-state index contributed by atoms with van der Waals surface area (Å²) >= 11 is 0. The van der Waals surface area contributed by atoms with Gasteiger partial charge < -0.3 is 0 Å². The molecule has 0 atom stereocenters. The van der Waals surface area contributed by atoms with Gasteiger partial charge in [-0.3, -0.25) is 0 Å². The van der Waals surface area contributed by atoms with E-state index in [4.69, 9.17) is 5.26 Å². The number of hydrogen-bond acceptors (Lipinski definition) is 1. The van der Waals surface area contributed by atoms with Crippen molar-refractivity contribution in [3.63, 3.8) is 0 Å². The predicted molar refractivity (Wildman–Crippen MR) is 87.4 cm³/mol. The zero-order valence-electron chi connectivity index (χ0n) is 13.4. The first-order chi connectivity index (χ1) is 9.75. The lowest BCUT2D eigenvalue weighted by Gasteiger charge is -2.23. The van der Waals surface area contributed by atoms with Gasteiger partial charge in [-0.1, -0.05) is 58.9 Å². The maximum Gasteiger partial charge on any atom is 0.0991 e. The Labute approximate surface area is 127 Å². The minimum absolute atomic E-state index is 0.0338. The summed E-state index contributed by atoms with van der Waals surface area (Å²) in [5, 5.41) is 9.16. The van der Waals surface area contributed by atoms with Crippen molar-refractivity contribution >= 4 is 0 Å². The molecule has 0 aromatic heterocycles. The SMILES string of the molecule is CC(C)(C)c1ccc2c(c1)-c1ccc(C#N)cc1C2(C)C. The molecular weight excluding hydrogens is 254 g/mol. The molecule has 0 unspecified atom stereocenters. The average Bonchev–Trinajstić information content (AvgIpc) is 2.66. The highest BCUT2D eigenvalue weighted by molar-refractivity contribution is 5.81. The summed E-state index contributed by atoms with van der Waals surface area (Å²) in [6.45, 7) is 11.2. The highest BCUT2D eigenvalue weighted by Crippen LogP contribution is 2.49. The predicted octanol–water partition coefficient (Wildman–Crippen LogP) is 5.16. The van der Waals surface area contributed by atoms with Crippen LogP contribution in [0.3, 0.4) is 0 Å². The van der Waals surface area contributed by atoms with E-state index in [0.717, 1.165) is 5.56 Å². The molecule has 0 bridgehead atoms. The first-order valence-electron chi connectivity index (χ1n) is 7.45. The van der Waals surface area contributed by atoms with Gasteiger partial charge in [-0.25, -0.2) is 0 Å². The molecule has 1 nitrogen and oxygen atoms in total. The Balaban J connectivity index is 2.29. The zero-order valence-corrected chi connectivity index (χ0v) is 13.4. The number of nitrogens with zero attached hydrogens (tertiary/aromatic N) is 1. The molecule has 0 spiro atoms. The van der Waals surface area contributed by atoms with E-state index in [-0.39, 0.29) is 10.8 Å². The van der Waals surface area contributed by atoms with Crippen LogP contribution in [-0.2, 0) is 10.8 Å². The fourth-order valence-corrected chi connectivity index (χ4v) is 3.29. The number of hydrogen-bond donors (Lipinski definition) is 0. The van der Waals surface area contributed by atoms with Crippen LogP contribution in [0.5, 0.6) is 0 Å². The lowest BCUT2D eigenvalue weighted by Crippen LogP contribution is -2.16. The second kappa shape index (κ2) is 4.21. The Morgan fingerprint density at radius 3 is 2.24 bits per heavy atom. The van der Waals surface area contributed by atoms with E-state index in [1.165, 1.54) is 27.8 Å². The van der Waals surface area contributed by atoms with Crippen LogP contribution in [0.4, 0.5) is 0 Å². The van der Waals surface area contributed by atoms with Crippen LogP contribution >= 0.6 is 0 Å². The van der Waals surface area contributed by atoms with Crippen LogP contribution in [0.1, 0.15) is 56.9 Å². The van der Waals surface area contributed by atoms with Crippen molar-refractivity contribution in [2.45, 2.75) is 45.4 Å². The van der Waals surface area contributed by atoms with Gasteiger partial charge in [-0.15, -0.1) is 0 Å². The number of nitriles is 1. The Morgan fingerprint density at radius 2 is 1.62 bits per heavy atom. The van der Waals surface area contributed by atoms with E-state index in [1.807, 2.05) is 12.1 Å². The fraction of sp³-hybridized carbons (Fsp3) is 0.350. The minimum Gasteiger partial charge on any atom is -0.192 e. The van der Waals surface area contributed by atoms with Gasteiger partial charge in [0.2, 0.25) is 0 Å². The van der Waals surface area contributed by atoms with Gasteiger partial charge in [0.25, 0.3) is 0 Å². The largest absolute Gasteiger partial charge is 0.192 e. The lowest BCUT2D eigenvalue weighted by molar-refractivity contribution is 0.589. The van der Waals surface area contributed by atoms with E-state index in [1.54, 1.807) is 0 Å². The molecule has 0 radical (unpaired) electrons. The maximum absolute atomic E-state index is 9.16. The number of benzene rings is 2. The first kappa shape index (κ1) is 13.9. The molecule has 0 aliphatic heterocycles. The normalized spacial score (nSPS) is 15.2. The molecule has 0 saturated heterocycles. The van der Waals surface area contributed by atoms with Crippen molar-refractivity contribution in [1.29, 1.82) is 5.26 Å². The molecular formula is C20H21N. The highest BCUT2D eigenvalue weighted by Gasteiger charge is 2.36. The molecule has 1 aliphatic carbocycles. The summed E-state index contributed by atoms with van der Waals surface area (Å²) in [6, 6.07) is 15.2. The molecule has 2 aromatic carbocycles. The van der Waals surface area contributed by atoms with E-state index < -0.39 is 0 Å². The Morgan fingerprint density at radius 1 is 0.905 bits per heavy atom. The van der Waals surface area contributed by atoms with Crippen LogP contribution < -0.4 is 0 Å². The molecule has 3 rings (SSSR count). The summed E-state index contributed by atoms with van der Waals surface area (Å²) in [5.74, 6) is 0. The molecule has 0 heterocycles.